The van der Waals surface area contributed by atoms with Gasteiger partial charge in [-0.05, 0) is 19.5 Å². The maximum atomic E-state index is 10.1. The largest absolute Gasteiger partial charge is 0.389 e. The summed E-state index contributed by atoms with van der Waals surface area (Å²) in [5.41, 5.74) is 3.46. The molecule has 0 saturated carbocycles. The molecule has 1 atom stereocenters. The quantitative estimate of drug-likeness (QED) is 0.807. The van der Waals surface area contributed by atoms with Crippen LogP contribution in [0.2, 0.25) is 0 Å². The first-order valence-electron chi connectivity index (χ1n) is 7.52. The minimum absolute atomic E-state index is 0.339. The van der Waals surface area contributed by atoms with Crippen molar-refractivity contribution in [2.45, 2.75) is 26.2 Å². The zero-order valence-electron chi connectivity index (χ0n) is 13.6. The Hall–Kier alpha value is -1.69. The Balaban J connectivity index is 1.70. The molecule has 0 saturated heterocycles. The highest BCUT2D eigenvalue weighted by atomic mass is 16.5. The molecule has 1 N–H and O–H groups in total. The van der Waals surface area contributed by atoms with Crippen LogP contribution >= 0.6 is 0 Å². The molecule has 0 fully saturated rings. The third-order valence-corrected chi connectivity index (χ3v) is 3.72. The highest BCUT2D eigenvalue weighted by molar-refractivity contribution is 5.15. The van der Waals surface area contributed by atoms with E-state index in [1.807, 2.05) is 55.3 Å². The van der Waals surface area contributed by atoms with Gasteiger partial charge in [0.2, 0.25) is 0 Å². The zero-order chi connectivity index (χ0) is 15.9. The number of benzene rings is 1. The van der Waals surface area contributed by atoms with E-state index in [9.17, 15) is 5.11 Å². The van der Waals surface area contributed by atoms with Gasteiger partial charge in [-0.15, -0.1) is 0 Å². The fourth-order valence-electron chi connectivity index (χ4n) is 2.35. The molecule has 120 valence electrons. The van der Waals surface area contributed by atoms with Crippen molar-refractivity contribution < 1.29 is 9.84 Å². The fraction of sp³-hybridized carbons (Fsp3) is 0.471. The van der Waals surface area contributed by atoms with Gasteiger partial charge in [0.1, 0.15) is 0 Å². The molecule has 0 amide bonds. The van der Waals surface area contributed by atoms with Crippen molar-refractivity contribution in [2.75, 3.05) is 20.2 Å². The number of likely N-dealkylation sites (N-methyl/N-ethyl adjacent to an activating group) is 1. The Morgan fingerprint density at radius 3 is 2.68 bits per heavy atom. The smallest absolute Gasteiger partial charge is 0.0900 e. The van der Waals surface area contributed by atoms with Gasteiger partial charge in [-0.1, -0.05) is 30.3 Å². The number of rotatable bonds is 8. The maximum absolute atomic E-state index is 10.1. The summed E-state index contributed by atoms with van der Waals surface area (Å²) >= 11 is 0. The van der Waals surface area contributed by atoms with Crippen LogP contribution in [0.4, 0.5) is 0 Å². The van der Waals surface area contributed by atoms with Crippen molar-refractivity contribution in [2.24, 2.45) is 7.05 Å². The Kier molecular flexibility index (Phi) is 6.12. The summed E-state index contributed by atoms with van der Waals surface area (Å²) in [5, 5.41) is 14.3. The van der Waals surface area contributed by atoms with Crippen molar-refractivity contribution in [3.63, 3.8) is 0 Å². The van der Waals surface area contributed by atoms with Crippen molar-refractivity contribution in [3.05, 3.63) is 53.3 Å². The van der Waals surface area contributed by atoms with E-state index in [0.29, 0.717) is 19.8 Å². The molecule has 1 unspecified atom stereocenters. The van der Waals surface area contributed by atoms with E-state index < -0.39 is 6.10 Å². The second-order valence-electron chi connectivity index (χ2n) is 5.73. The molecule has 0 bridgehead atoms. The lowest BCUT2D eigenvalue weighted by atomic mass is 10.2. The molecule has 1 heterocycles. The molecule has 0 radical (unpaired) electrons. The van der Waals surface area contributed by atoms with Gasteiger partial charge in [-0.25, -0.2) is 0 Å². The van der Waals surface area contributed by atoms with Crippen molar-refractivity contribution in [3.8, 4) is 0 Å². The summed E-state index contributed by atoms with van der Waals surface area (Å²) in [7, 11) is 3.93. The molecule has 1 aromatic carbocycles. The Morgan fingerprint density at radius 1 is 1.32 bits per heavy atom. The number of ether oxygens (including phenoxy) is 1. The van der Waals surface area contributed by atoms with E-state index in [2.05, 4.69) is 16.9 Å². The van der Waals surface area contributed by atoms with E-state index >= 15 is 0 Å². The van der Waals surface area contributed by atoms with Crippen LogP contribution in [0.25, 0.3) is 0 Å². The molecule has 0 aliphatic heterocycles. The number of hydrogen-bond donors (Lipinski definition) is 1. The van der Waals surface area contributed by atoms with Crippen LogP contribution in [0.3, 0.4) is 0 Å². The predicted molar refractivity (Wildman–Crippen MR) is 86.4 cm³/mol. The van der Waals surface area contributed by atoms with E-state index in [4.69, 9.17) is 4.74 Å². The van der Waals surface area contributed by atoms with E-state index in [-0.39, 0.29) is 0 Å². The molecule has 1 aromatic heterocycles. The molecule has 22 heavy (non-hydrogen) atoms. The maximum Gasteiger partial charge on any atom is 0.0900 e. The third kappa shape index (κ3) is 4.94. The van der Waals surface area contributed by atoms with Crippen LogP contribution in [0, 0.1) is 6.92 Å². The van der Waals surface area contributed by atoms with Crippen molar-refractivity contribution in [1.82, 2.24) is 14.7 Å². The topological polar surface area (TPSA) is 50.5 Å². The van der Waals surface area contributed by atoms with Gasteiger partial charge in [-0.2, -0.15) is 5.10 Å². The summed E-state index contributed by atoms with van der Waals surface area (Å²) < 4.78 is 7.43. The second kappa shape index (κ2) is 8.08. The summed E-state index contributed by atoms with van der Waals surface area (Å²) in [6, 6.07) is 9.99. The summed E-state index contributed by atoms with van der Waals surface area (Å²) in [6.45, 7) is 4.27. The van der Waals surface area contributed by atoms with Gasteiger partial charge in [0.15, 0.2) is 0 Å². The Labute approximate surface area is 132 Å². The van der Waals surface area contributed by atoms with Crippen LogP contribution in [0.15, 0.2) is 36.5 Å². The zero-order valence-corrected chi connectivity index (χ0v) is 13.6. The van der Waals surface area contributed by atoms with Crippen molar-refractivity contribution >= 4 is 0 Å². The third-order valence-electron chi connectivity index (χ3n) is 3.72. The van der Waals surface area contributed by atoms with Gasteiger partial charge in [0.25, 0.3) is 0 Å². The van der Waals surface area contributed by atoms with Crippen LogP contribution in [-0.4, -0.2) is 46.1 Å². The molecular weight excluding hydrogens is 278 g/mol. The highest BCUT2D eigenvalue weighted by Gasteiger charge is 2.11. The van der Waals surface area contributed by atoms with E-state index in [0.717, 1.165) is 17.8 Å². The van der Waals surface area contributed by atoms with Gasteiger partial charge < -0.3 is 9.84 Å². The molecule has 2 rings (SSSR count). The molecule has 2 aromatic rings. The summed E-state index contributed by atoms with van der Waals surface area (Å²) in [4.78, 5) is 2.08. The van der Waals surface area contributed by atoms with Gasteiger partial charge in [-0.3, -0.25) is 9.58 Å². The first-order chi connectivity index (χ1) is 10.6. The van der Waals surface area contributed by atoms with E-state index in [1.165, 1.54) is 5.56 Å². The second-order valence-corrected chi connectivity index (χ2v) is 5.73. The Bertz CT molecular complexity index is 569. The molecule has 0 aliphatic carbocycles. The number of aliphatic hydroxyl groups excluding tert-OH is 1. The van der Waals surface area contributed by atoms with Gasteiger partial charge in [0.05, 0.1) is 25.5 Å². The number of nitrogens with zero attached hydrogens (tertiary/aromatic N) is 3. The normalized spacial score (nSPS) is 12.8. The fourth-order valence-corrected chi connectivity index (χ4v) is 2.35. The molecule has 0 aliphatic rings. The number of aliphatic hydroxyl groups is 1. The molecule has 5 heteroatoms. The van der Waals surface area contributed by atoms with Crippen LogP contribution in [0.5, 0.6) is 0 Å². The standard InChI is InChI=1S/C17H25N3O2/c1-14-16(9-18-20(14)3)10-19(2)11-17(21)13-22-12-15-7-5-4-6-8-15/h4-9,17,21H,10-13H2,1-3H3. The highest BCUT2D eigenvalue weighted by Crippen LogP contribution is 2.09. The molecule has 0 spiro atoms. The first-order valence-corrected chi connectivity index (χ1v) is 7.52. The van der Waals surface area contributed by atoms with Crippen LogP contribution < -0.4 is 0 Å². The monoisotopic (exact) mass is 303 g/mol. The molecular formula is C17H25N3O2. The summed E-state index contributed by atoms with van der Waals surface area (Å²) in [6.07, 6.45) is 1.38. The van der Waals surface area contributed by atoms with Crippen molar-refractivity contribution in [1.29, 1.82) is 0 Å². The molecule has 5 nitrogen and oxygen atoms in total. The average Bonchev–Trinajstić information content (AvgIpc) is 2.80. The predicted octanol–water partition coefficient (Wildman–Crippen LogP) is 1.74. The van der Waals surface area contributed by atoms with Gasteiger partial charge in [0, 0.05) is 31.4 Å². The SMILES string of the molecule is Cc1c(CN(C)CC(O)COCc2ccccc2)cnn1C. The van der Waals surface area contributed by atoms with E-state index in [1.54, 1.807) is 0 Å². The number of aromatic nitrogens is 2. The Morgan fingerprint density at radius 2 is 2.05 bits per heavy atom. The number of aryl methyl sites for hydroxylation is 1. The van der Waals surface area contributed by atoms with Crippen LogP contribution in [0.1, 0.15) is 16.8 Å². The lowest BCUT2D eigenvalue weighted by molar-refractivity contribution is 0.0127. The summed E-state index contributed by atoms with van der Waals surface area (Å²) in [5.74, 6) is 0. The van der Waals surface area contributed by atoms with Gasteiger partial charge >= 0.3 is 0 Å². The minimum atomic E-state index is -0.495. The minimum Gasteiger partial charge on any atom is -0.389 e. The van der Waals surface area contributed by atoms with Crippen LogP contribution in [-0.2, 0) is 24.9 Å². The number of hydrogen-bond acceptors (Lipinski definition) is 4. The lowest BCUT2D eigenvalue weighted by Gasteiger charge is -2.20. The average molecular weight is 303 g/mol. The lowest BCUT2D eigenvalue weighted by Crippen LogP contribution is -2.32. The first kappa shape index (κ1) is 16.7.